The van der Waals surface area contributed by atoms with E-state index in [1.54, 1.807) is 34.1 Å². The van der Waals surface area contributed by atoms with Crippen molar-refractivity contribution in [2.45, 2.75) is 0 Å². The average molecular weight is 411 g/mol. The predicted molar refractivity (Wildman–Crippen MR) is 101 cm³/mol. The molecule has 27 heavy (non-hydrogen) atoms. The zero-order chi connectivity index (χ0) is 19.4. The molecule has 0 N–H and O–H groups in total. The number of amides is 2. The summed E-state index contributed by atoms with van der Waals surface area (Å²) >= 11 is 11.6. The first kappa shape index (κ1) is 19.5. The Morgan fingerprint density at radius 3 is 2.37 bits per heavy atom. The summed E-state index contributed by atoms with van der Waals surface area (Å²) in [5, 5.41) is 0.445. The molecule has 0 saturated carbocycles. The highest BCUT2D eigenvalue weighted by molar-refractivity contribution is 6.31. The van der Waals surface area contributed by atoms with Crippen LogP contribution >= 0.6 is 23.2 Å². The summed E-state index contributed by atoms with van der Waals surface area (Å²) in [5.41, 5.74) is 0.527. The number of rotatable bonds is 4. The van der Waals surface area contributed by atoms with Crippen molar-refractivity contribution in [3.05, 3.63) is 63.9 Å². The van der Waals surface area contributed by atoms with Gasteiger partial charge in [-0.25, -0.2) is 4.39 Å². The van der Waals surface area contributed by atoms with Gasteiger partial charge in [0, 0.05) is 42.8 Å². The normalized spacial score (nSPS) is 14.2. The van der Waals surface area contributed by atoms with Gasteiger partial charge in [-0.15, -0.1) is 0 Å². The van der Waals surface area contributed by atoms with Gasteiger partial charge in [0.2, 0.25) is 0 Å². The molecule has 0 bridgehead atoms. The first-order chi connectivity index (χ1) is 12.9. The molecule has 0 atom stereocenters. The number of halogens is 3. The van der Waals surface area contributed by atoms with Crippen molar-refractivity contribution in [2.24, 2.45) is 0 Å². The van der Waals surface area contributed by atoms with E-state index in [0.29, 0.717) is 42.5 Å². The van der Waals surface area contributed by atoms with E-state index in [1.807, 2.05) is 0 Å². The molecule has 3 rings (SSSR count). The van der Waals surface area contributed by atoms with Gasteiger partial charge in [-0.2, -0.15) is 0 Å². The predicted octanol–water partition coefficient (Wildman–Crippen LogP) is 3.50. The van der Waals surface area contributed by atoms with Crippen molar-refractivity contribution < 1.29 is 18.7 Å². The first-order valence-corrected chi connectivity index (χ1v) is 9.10. The van der Waals surface area contributed by atoms with E-state index >= 15 is 0 Å². The molecule has 1 saturated heterocycles. The minimum atomic E-state index is -0.546. The van der Waals surface area contributed by atoms with Gasteiger partial charge in [0.05, 0.1) is 5.02 Å². The van der Waals surface area contributed by atoms with Crippen LogP contribution in [0.5, 0.6) is 5.75 Å². The van der Waals surface area contributed by atoms with Crippen molar-refractivity contribution in [3.63, 3.8) is 0 Å². The zero-order valence-corrected chi connectivity index (χ0v) is 15.8. The zero-order valence-electron chi connectivity index (χ0n) is 14.3. The number of benzene rings is 2. The van der Waals surface area contributed by atoms with Gasteiger partial charge in [0.25, 0.3) is 11.8 Å². The van der Waals surface area contributed by atoms with Gasteiger partial charge in [-0.05, 0) is 30.3 Å². The Bertz CT molecular complexity index is 855. The van der Waals surface area contributed by atoms with Crippen molar-refractivity contribution in [3.8, 4) is 5.75 Å². The van der Waals surface area contributed by atoms with Crippen LogP contribution in [0.15, 0.2) is 42.5 Å². The maximum atomic E-state index is 13.1. The van der Waals surface area contributed by atoms with E-state index in [2.05, 4.69) is 0 Å². The standard InChI is InChI=1S/C19H17Cl2FN2O3/c20-14-3-1-2-13(10-14)19(26)24-8-6-23(7-9-24)18(25)12-27-15-4-5-17(22)16(21)11-15/h1-5,10-11H,6-9,12H2. The molecule has 2 amide bonds. The second-order valence-corrected chi connectivity index (χ2v) is 6.89. The lowest BCUT2D eigenvalue weighted by atomic mass is 10.2. The van der Waals surface area contributed by atoms with Gasteiger partial charge in [-0.3, -0.25) is 9.59 Å². The lowest BCUT2D eigenvalue weighted by Crippen LogP contribution is -2.51. The third-order valence-corrected chi connectivity index (χ3v) is 4.77. The molecule has 1 aliphatic rings. The van der Waals surface area contributed by atoms with Crippen LogP contribution in [0, 0.1) is 5.82 Å². The maximum absolute atomic E-state index is 13.1. The number of ether oxygens (including phenoxy) is 1. The van der Waals surface area contributed by atoms with E-state index in [1.165, 1.54) is 18.2 Å². The molecule has 0 radical (unpaired) electrons. The molecule has 0 aliphatic carbocycles. The number of hydrogen-bond acceptors (Lipinski definition) is 3. The topological polar surface area (TPSA) is 49.9 Å². The van der Waals surface area contributed by atoms with Crippen LogP contribution in [-0.4, -0.2) is 54.4 Å². The molecule has 0 aromatic heterocycles. The molecule has 8 heteroatoms. The average Bonchev–Trinajstić information content (AvgIpc) is 2.68. The molecule has 1 heterocycles. The quantitative estimate of drug-likeness (QED) is 0.774. The summed E-state index contributed by atoms with van der Waals surface area (Å²) in [6, 6.07) is 10.7. The Morgan fingerprint density at radius 2 is 1.70 bits per heavy atom. The summed E-state index contributed by atoms with van der Waals surface area (Å²) in [6.45, 7) is 1.51. The van der Waals surface area contributed by atoms with Crippen LogP contribution in [0.3, 0.4) is 0 Å². The fourth-order valence-electron chi connectivity index (χ4n) is 2.77. The van der Waals surface area contributed by atoms with Crippen LogP contribution in [-0.2, 0) is 4.79 Å². The van der Waals surface area contributed by atoms with Crippen LogP contribution in [0.1, 0.15) is 10.4 Å². The molecule has 1 aliphatic heterocycles. The lowest BCUT2D eigenvalue weighted by Gasteiger charge is -2.34. The summed E-state index contributed by atoms with van der Waals surface area (Å²) in [5.74, 6) is -0.535. The number of nitrogens with zero attached hydrogens (tertiary/aromatic N) is 2. The van der Waals surface area contributed by atoms with Crippen molar-refractivity contribution in [1.29, 1.82) is 0 Å². The van der Waals surface area contributed by atoms with Crippen LogP contribution in [0.4, 0.5) is 4.39 Å². The fraction of sp³-hybridized carbons (Fsp3) is 0.263. The van der Waals surface area contributed by atoms with E-state index < -0.39 is 5.82 Å². The molecule has 2 aromatic rings. The van der Waals surface area contributed by atoms with E-state index in [-0.39, 0.29) is 23.4 Å². The second kappa shape index (κ2) is 8.59. The summed E-state index contributed by atoms with van der Waals surface area (Å²) in [6.07, 6.45) is 0. The first-order valence-electron chi connectivity index (χ1n) is 8.34. The number of carbonyl (C=O) groups excluding carboxylic acids is 2. The van der Waals surface area contributed by atoms with Crippen LogP contribution in [0.2, 0.25) is 10.0 Å². The van der Waals surface area contributed by atoms with E-state index in [9.17, 15) is 14.0 Å². The second-order valence-electron chi connectivity index (χ2n) is 6.05. The molecule has 0 spiro atoms. The molecule has 0 unspecified atom stereocenters. The van der Waals surface area contributed by atoms with Crippen molar-refractivity contribution in [2.75, 3.05) is 32.8 Å². The molecule has 2 aromatic carbocycles. The highest BCUT2D eigenvalue weighted by atomic mass is 35.5. The Balaban J connectivity index is 1.50. The SMILES string of the molecule is O=C(COc1ccc(F)c(Cl)c1)N1CCN(C(=O)c2cccc(Cl)c2)CC1. The molecule has 142 valence electrons. The van der Waals surface area contributed by atoms with Crippen LogP contribution < -0.4 is 4.74 Å². The number of piperazine rings is 1. The Labute approximate surface area is 166 Å². The van der Waals surface area contributed by atoms with Gasteiger partial charge in [-0.1, -0.05) is 29.3 Å². The van der Waals surface area contributed by atoms with Crippen LogP contribution in [0.25, 0.3) is 0 Å². The lowest BCUT2D eigenvalue weighted by molar-refractivity contribution is -0.134. The molecular formula is C19H17Cl2FN2O3. The van der Waals surface area contributed by atoms with E-state index in [4.69, 9.17) is 27.9 Å². The third-order valence-electron chi connectivity index (χ3n) is 4.24. The summed E-state index contributed by atoms with van der Waals surface area (Å²) < 4.78 is 18.5. The van der Waals surface area contributed by atoms with Gasteiger partial charge in [0.1, 0.15) is 11.6 Å². The number of hydrogen-bond donors (Lipinski definition) is 0. The maximum Gasteiger partial charge on any atom is 0.260 e. The third kappa shape index (κ3) is 4.90. The Hall–Kier alpha value is -2.31. The highest BCUT2D eigenvalue weighted by Gasteiger charge is 2.25. The van der Waals surface area contributed by atoms with Gasteiger partial charge < -0.3 is 14.5 Å². The van der Waals surface area contributed by atoms with E-state index in [0.717, 1.165) is 0 Å². The highest BCUT2D eigenvalue weighted by Crippen LogP contribution is 2.21. The monoisotopic (exact) mass is 410 g/mol. The molecule has 5 nitrogen and oxygen atoms in total. The smallest absolute Gasteiger partial charge is 0.260 e. The van der Waals surface area contributed by atoms with Gasteiger partial charge in [0.15, 0.2) is 6.61 Å². The van der Waals surface area contributed by atoms with Gasteiger partial charge >= 0.3 is 0 Å². The minimum Gasteiger partial charge on any atom is -0.484 e. The summed E-state index contributed by atoms with van der Waals surface area (Å²) in [7, 11) is 0. The van der Waals surface area contributed by atoms with Crippen molar-refractivity contribution >= 4 is 35.0 Å². The largest absolute Gasteiger partial charge is 0.484 e. The molecular weight excluding hydrogens is 394 g/mol. The van der Waals surface area contributed by atoms with Crippen molar-refractivity contribution in [1.82, 2.24) is 9.80 Å². The summed E-state index contributed by atoms with van der Waals surface area (Å²) in [4.78, 5) is 28.1. The number of carbonyl (C=O) groups is 2. The molecule has 1 fully saturated rings. The Kier molecular flexibility index (Phi) is 6.19. The minimum absolute atomic E-state index is 0.0620. The Morgan fingerprint density at radius 1 is 1.00 bits per heavy atom. The fourth-order valence-corrected chi connectivity index (χ4v) is 3.13.